The van der Waals surface area contributed by atoms with E-state index in [9.17, 15) is 8.42 Å². The van der Waals surface area contributed by atoms with Gasteiger partial charge in [0.15, 0.2) is 0 Å². The Bertz CT molecular complexity index is 642. The van der Waals surface area contributed by atoms with E-state index >= 15 is 0 Å². The molecule has 4 nitrogen and oxygen atoms in total. The number of sulfonamides is 1. The molecule has 0 radical (unpaired) electrons. The molecule has 2 fully saturated rings. The lowest BCUT2D eigenvalue weighted by Crippen LogP contribution is -2.47. The Balaban J connectivity index is 1.93. The molecule has 2 heterocycles. The number of hydrogen-bond acceptors (Lipinski definition) is 3. The highest BCUT2D eigenvalue weighted by Gasteiger charge is 2.42. The van der Waals surface area contributed by atoms with Crippen molar-refractivity contribution in [2.24, 2.45) is 5.41 Å². The fourth-order valence-corrected chi connectivity index (χ4v) is 5.66. The molecular formula is C14H18Cl2N2O2S. The molecule has 0 amide bonds. The third kappa shape index (κ3) is 2.82. The second-order valence-electron chi connectivity index (χ2n) is 5.92. The summed E-state index contributed by atoms with van der Waals surface area (Å²) in [6.45, 7) is 2.96. The van der Waals surface area contributed by atoms with Crippen molar-refractivity contribution >= 4 is 33.2 Å². The summed E-state index contributed by atoms with van der Waals surface area (Å²) >= 11 is 12.1. The van der Waals surface area contributed by atoms with Crippen molar-refractivity contribution in [3.05, 3.63) is 28.2 Å². The summed E-state index contributed by atoms with van der Waals surface area (Å²) < 4.78 is 27.3. The first kappa shape index (κ1) is 15.6. The molecule has 2 aliphatic rings. The molecule has 0 unspecified atom stereocenters. The van der Waals surface area contributed by atoms with Crippen LogP contribution in [0.4, 0.5) is 0 Å². The Morgan fingerprint density at radius 1 is 1.24 bits per heavy atom. The van der Waals surface area contributed by atoms with E-state index in [0.29, 0.717) is 13.1 Å². The quantitative estimate of drug-likeness (QED) is 0.893. The van der Waals surface area contributed by atoms with Crippen molar-refractivity contribution in [2.75, 3.05) is 26.2 Å². The van der Waals surface area contributed by atoms with Gasteiger partial charge in [0, 0.05) is 19.6 Å². The Kier molecular flexibility index (Phi) is 4.23. The molecule has 0 aliphatic carbocycles. The first-order valence-corrected chi connectivity index (χ1v) is 9.29. The van der Waals surface area contributed by atoms with Crippen LogP contribution in [0.25, 0.3) is 0 Å². The molecule has 0 bridgehead atoms. The monoisotopic (exact) mass is 348 g/mol. The van der Waals surface area contributed by atoms with Crippen molar-refractivity contribution in [3.63, 3.8) is 0 Å². The van der Waals surface area contributed by atoms with E-state index in [0.717, 1.165) is 32.4 Å². The largest absolute Gasteiger partial charge is 0.316 e. The SMILES string of the molecule is O=S(=O)(c1cccc(Cl)c1Cl)N1CCC[C@]2(CCNC2)C1. The predicted molar refractivity (Wildman–Crippen MR) is 84.4 cm³/mol. The van der Waals surface area contributed by atoms with Crippen LogP contribution in [0, 0.1) is 5.41 Å². The van der Waals surface area contributed by atoms with Crippen molar-refractivity contribution < 1.29 is 8.42 Å². The van der Waals surface area contributed by atoms with Gasteiger partial charge in [0.1, 0.15) is 4.90 Å². The molecule has 1 atom stereocenters. The van der Waals surface area contributed by atoms with Gasteiger partial charge in [0.25, 0.3) is 0 Å². The first-order valence-electron chi connectivity index (χ1n) is 7.10. The van der Waals surface area contributed by atoms with E-state index in [1.54, 1.807) is 16.4 Å². The van der Waals surface area contributed by atoms with E-state index in [4.69, 9.17) is 23.2 Å². The lowest BCUT2D eigenvalue weighted by molar-refractivity contribution is 0.166. The van der Waals surface area contributed by atoms with Gasteiger partial charge in [-0.15, -0.1) is 0 Å². The Labute approximate surface area is 135 Å². The second-order valence-corrected chi connectivity index (χ2v) is 8.61. The minimum Gasteiger partial charge on any atom is -0.316 e. The minimum absolute atomic E-state index is 0.0797. The molecular weight excluding hydrogens is 331 g/mol. The molecule has 116 valence electrons. The van der Waals surface area contributed by atoms with E-state index < -0.39 is 10.0 Å². The number of benzene rings is 1. The van der Waals surface area contributed by atoms with Crippen LogP contribution < -0.4 is 5.32 Å². The molecule has 1 spiro atoms. The van der Waals surface area contributed by atoms with Crippen molar-refractivity contribution in [1.29, 1.82) is 0 Å². The maximum absolute atomic E-state index is 12.9. The number of halogens is 2. The molecule has 0 saturated carbocycles. The zero-order valence-electron chi connectivity index (χ0n) is 11.6. The fraction of sp³-hybridized carbons (Fsp3) is 0.571. The van der Waals surface area contributed by atoms with Crippen LogP contribution in [0.2, 0.25) is 10.0 Å². The molecule has 7 heteroatoms. The van der Waals surface area contributed by atoms with Crippen molar-refractivity contribution in [2.45, 2.75) is 24.2 Å². The average Bonchev–Trinajstić information content (AvgIpc) is 2.89. The fourth-order valence-electron chi connectivity index (χ4n) is 3.33. The summed E-state index contributed by atoms with van der Waals surface area (Å²) in [7, 11) is -3.59. The summed E-state index contributed by atoms with van der Waals surface area (Å²) in [6, 6.07) is 4.75. The molecule has 21 heavy (non-hydrogen) atoms. The number of nitrogens with zero attached hydrogens (tertiary/aromatic N) is 1. The first-order chi connectivity index (χ1) is 9.95. The maximum Gasteiger partial charge on any atom is 0.244 e. The molecule has 0 aromatic heterocycles. The Morgan fingerprint density at radius 2 is 2.05 bits per heavy atom. The van der Waals surface area contributed by atoms with Crippen molar-refractivity contribution in [1.82, 2.24) is 9.62 Å². The Morgan fingerprint density at radius 3 is 2.76 bits per heavy atom. The molecule has 3 rings (SSSR count). The smallest absolute Gasteiger partial charge is 0.244 e. The van der Waals surface area contributed by atoms with Crippen LogP contribution in [0.1, 0.15) is 19.3 Å². The molecule has 2 aliphatic heterocycles. The third-order valence-corrected chi connectivity index (χ3v) is 7.31. The number of hydrogen-bond donors (Lipinski definition) is 1. The molecule has 2 saturated heterocycles. The number of nitrogens with one attached hydrogen (secondary N) is 1. The molecule has 1 aromatic carbocycles. The third-order valence-electron chi connectivity index (χ3n) is 4.49. The van der Waals surface area contributed by atoms with Gasteiger partial charge >= 0.3 is 0 Å². The van der Waals surface area contributed by atoms with Crippen LogP contribution in [0.5, 0.6) is 0 Å². The van der Waals surface area contributed by atoms with Crippen molar-refractivity contribution in [3.8, 4) is 0 Å². The van der Waals surface area contributed by atoms with Crippen LogP contribution in [0.15, 0.2) is 23.1 Å². The number of rotatable bonds is 2. The second kappa shape index (κ2) is 5.70. The van der Waals surface area contributed by atoms with Crippen LogP contribution in [-0.2, 0) is 10.0 Å². The van der Waals surface area contributed by atoms with Gasteiger partial charge in [-0.2, -0.15) is 4.31 Å². The summed E-state index contributed by atoms with van der Waals surface area (Å²) in [6.07, 6.45) is 3.00. The zero-order chi connectivity index (χ0) is 15.1. The highest BCUT2D eigenvalue weighted by Crippen LogP contribution is 2.39. The van der Waals surface area contributed by atoms with E-state index in [1.807, 2.05) is 0 Å². The lowest BCUT2D eigenvalue weighted by Gasteiger charge is -2.39. The summed E-state index contributed by atoms with van der Waals surface area (Å²) in [5, 5.41) is 3.73. The van der Waals surface area contributed by atoms with Gasteiger partial charge in [0.05, 0.1) is 10.0 Å². The van der Waals surface area contributed by atoms with E-state index in [2.05, 4.69) is 5.32 Å². The number of piperidine rings is 1. The highest BCUT2D eigenvalue weighted by atomic mass is 35.5. The van der Waals surface area contributed by atoms with Crippen LogP contribution in [0.3, 0.4) is 0 Å². The highest BCUT2D eigenvalue weighted by molar-refractivity contribution is 7.89. The standard InChI is InChI=1S/C14H18Cl2N2O2S/c15-11-3-1-4-12(13(11)16)21(19,20)18-8-2-5-14(10-18)6-7-17-9-14/h1,3-4,17H,2,5-10H2/t14-/m1/s1. The van der Waals surface area contributed by atoms with Gasteiger partial charge in [-0.05, 0) is 43.4 Å². The van der Waals surface area contributed by atoms with E-state index in [1.165, 1.54) is 6.07 Å². The van der Waals surface area contributed by atoms with Gasteiger partial charge in [-0.1, -0.05) is 29.3 Å². The minimum atomic E-state index is -3.59. The normalized spacial score (nSPS) is 27.3. The van der Waals surface area contributed by atoms with Crippen LogP contribution >= 0.6 is 23.2 Å². The topological polar surface area (TPSA) is 49.4 Å². The summed E-state index contributed by atoms with van der Waals surface area (Å²) in [5.41, 5.74) is 0.0797. The van der Waals surface area contributed by atoms with Gasteiger partial charge in [0.2, 0.25) is 10.0 Å². The van der Waals surface area contributed by atoms with Gasteiger partial charge < -0.3 is 5.32 Å². The summed E-state index contributed by atoms with van der Waals surface area (Å²) in [5.74, 6) is 0. The van der Waals surface area contributed by atoms with Gasteiger partial charge in [-0.25, -0.2) is 8.42 Å². The summed E-state index contributed by atoms with van der Waals surface area (Å²) in [4.78, 5) is 0.111. The lowest BCUT2D eigenvalue weighted by atomic mass is 9.80. The predicted octanol–water partition coefficient (Wildman–Crippen LogP) is 2.76. The zero-order valence-corrected chi connectivity index (χ0v) is 13.9. The van der Waals surface area contributed by atoms with Gasteiger partial charge in [-0.3, -0.25) is 0 Å². The maximum atomic E-state index is 12.9. The molecule has 1 aromatic rings. The van der Waals surface area contributed by atoms with E-state index in [-0.39, 0.29) is 20.4 Å². The average molecular weight is 349 g/mol. The van der Waals surface area contributed by atoms with Crippen LogP contribution in [-0.4, -0.2) is 38.9 Å². The Hall–Kier alpha value is -0.330. The molecule has 1 N–H and O–H groups in total.